The largest absolute Gasteiger partial charge is 0.294 e. The van der Waals surface area contributed by atoms with E-state index in [0.717, 1.165) is 11.1 Å². The predicted molar refractivity (Wildman–Crippen MR) is 71.8 cm³/mol. The highest BCUT2D eigenvalue weighted by Gasteiger charge is 2.13. The van der Waals surface area contributed by atoms with Crippen molar-refractivity contribution in [2.24, 2.45) is 0 Å². The van der Waals surface area contributed by atoms with E-state index in [4.69, 9.17) is 4.55 Å². The van der Waals surface area contributed by atoms with Crippen molar-refractivity contribution in [1.82, 2.24) is 0 Å². The lowest BCUT2D eigenvalue weighted by Gasteiger charge is -2.08. The van der Waals surface area contributed by atoms with Gasteiger partial charge in [-0.25, -0.2) is 0 Å². The van der Waals surface area contributed by atoms with Gasteiger partial charge in [-0.3, -0.25) is 4.55 Å². The normalized spacial score (nSPS) is 12.1. The Balaban J connectivity index is 3.34. The smallest absolute Gasteiger partial charge is 0.282 e. The summed E-state index contributed by atoms with van der Waals surface area (Å²) in [5.41, 5.74) is 1.94. The Morgan fingerprint density at radius 2 is 1.93 bits per heavy atom. The molecular formula is C8H8I2O3S. The fraction of sp³-hybridized carbons (Fsp3) is 0.250. The van der Waals surface area contributed by atoms with Gasteiger partial charge < -0.3 is 0 Å². The van der Waals surface area contributed by atoms with Crippen molar-refractivity contribution < 1.29 is 13.0 Å². The van der Waals surface area contributed by atoms with Gasteiger partial charge in [0, 0.05) is 0 Å². The molecule has 0 unspecified atom stereocenters. The average molecular weight is 438 g/mol. The van der Waals surface area contributed by atoms with Gasteiger partial charge in [-0.2, -0.15) is 8.42 Å². The molecule has 0 atom stereocenters. The molecule has 1 aromatic rings. The summed E-state index contributed by atoms with van der Waals surface area (Å²) >= 11 is 4.38. The van der Waals surface area contributed by atoms with Crippen molar-refractivity contribution in [3.8, 4) is 0 Å². The number of benzene rings is 1. The van der Waals surface area contributed by atoms with Gasteiger partial charge in [0.15, 0.2) is 0 Å². The lowest BCUT2D eigenvalue weighted by molar-refractivity contribution is 0.483. The zero-order valence-corrected chi connectivity index (χ0v) is 12.4. The van der Waals surface area contributed by atoms with Crippen LogP contribution in [0, 0.1) is 6.92 Å². The number of alkyl halides is 2. The van der Waals surface area contributed by atoms with Gasteiger partial charge in [-0.15, -0.1) is 0 Å². The molecule has 0 bridgehead atoms. The molecule has 14 heavy (non-hydrogen) atoms. The number of halogens is 2. The van der Waals surface area contributed by atoms with E-state index in [1.54, 1.807) is 6.07 Å². The van der Waals surface area contributed by atoms with Crippen LogP contribution in [0.4, 0.5) is 0 Å². The Kier molecular flexibility index (Phi) is 4.18. The van der Waals surface area contributed by atoms with E-state index in [-0.39, 0.29) is 6.83 Å². The lowest BCUT2D eigenvalue weighted by Crippen LogP contribution is -1.99. The highest BCUT2D eigenvalue weighted by Crippen LogP contribution is 2.33. The van der Waals surface area contributed by atoms with E-state index in [2.05, 4.69) is 45.2 Å². The third kappa shape index (κ3) is 3.04. The first-order chi connectivity index (χ1) is 6.32. The van der Waals surface area contributed by atoms with Crippen LogP contribution >= 0.6 is 45.2 Å². The number of aryl methyl sites for hydroxylation is 1. The topological polar surface area (TPSA) is 54.4 Å². The van der Waals surface area contributed by atoms with E-state index in [1.165, 1.54) is 12.1 Å². The molecule has 1 N–H and O–H groups in total. The molecule has 0 radical (unpaired) electrons. The SMILES string of the molecule is Cc1ccc(S(=O)(=O)O)cc1C(I)I. The monoisotopic (exact) mass is 438 g/mol. The Labute approximate surface area is 110 Å². The predicted octanol–water partition coefficient (Wildman–Crippen LogP) is 3.11. The first-order valence-electron chi connectivity index (χ1n) is 3.68. The summed E-state index contributed by atoms with van der Waals surface area (Å²) in [6, 6.07) is 4.61. The van der Waals surface area contributed by atoms with Crippen LogP contribution in [-0.4, -0.2) is 13.0 Å². The third-order valence-electron chi connectivity index (χ3n) is 1.78. The molecule has 1 rings (SSSR count). The van der Waals surface area contributed by atoms with E-state index in [1.807, 2.05) is 6.92 Å². The summed E-state index contributed by atoms with van der Waals surface area (Å²) in [5.74, 6) is 0. The minimum atomic E-state index is -4.08. The molecule has 0 aliphatic rings. The summed E-state index contributed by atoms with van der Waals surface area (Å²) < 4.78 is 30.8. The second kappa shape index (κ2) is 4.62. The van der Waals surface area contributed by atoms with Crippen molar-refractivity contribution in [1.29, 1.82) is 0 Å². The lowest BCUT2D eigenvalue weighted by atomic mass is 10.1. The van der Waals surface area contributed by atoms with E-state index >= 15 is 0 Å². The van der Waals surface area contributed by atoms with Gasteiger partial charge in [0.1, 0.15) is 0 Å². The molecule has 0 amide bonds. The Bertz CT molecular complexity index is 440. The molecule has 78 valence electrons. The highest BCUT2D eigenvalue weighted by molar-refractivity contribution is 14.2. The minimum absolute atomic E-state index is 0.0450. The minimum Gasteiger partial charge on any atom is -0.282 e. The Hall–Kier alpha value is 0.590. The van der Waals surface area contributed by atoms with Crippen molar-refractivity contribution >= 4 is 55.3 Å². The fourth-order valence-electron chi connectivity index (χ4n) is 1.01. The molecule has 0 aromatic heterocycles. The second-order valence-electron chi connectivity index (χ2n) is 2.79. The van der Waals surface area contributed by atoms with Crippen LogP contribution in [0.5, 0.6) is 0 Å². The number of hydrogen-bond acceptors (Lipinski definition) is 2. The standard InChI is InChI=1S/C8H8I2O3S/c1-5-2-3-6(14(11,12)13)4-7(5)8(9)10/h2-4,8H,1H3,(H,11,12,13). The van der Waals surface area contributed by atoms with Crippen LogP contribution in [0.1, 0.15) is 13.1 Å². The van der Waals surface area contributed by atoms with E-state index in [0.29, 0.717) is 0 Å². The Morgan fingerprint density at radius 1 is 1.36 bits per heavy atom. The van der Waals surface area contributed by atoms with Gasteiger partial charge in [0.25, 0.3) is 10.1 Å². The molecule has 0 aliphatic heterocycles. The molecule has 6 heteroatoms. The van der Waals surface area contributed by atoms with Crippen molar-refractivity contribution in [2.75, 3.05) is 0 Å². The maximum atomic E-state index is 10.9. The second-order valence-corrected chi connectivity index (χ2v) is 9.09. The van der Waals surface area contributed by atoms with Crippen LogP contribution in [0.15, 0.2) is 23.1 Å². The molecule has 0 saturated carbocycles. The van der Waals surface area contributed by atoms with Crippen LogP contribution in [-0.2, 0) is 10.1 Å². The quantitative estimate of drug-likeness (QED) is 0.439. The number of rotatable bonds is 2. The maximum Gasteiger partial charge on any atom is 0.294 e. The third-order valence-corrected chi connectivity index (χ3v) is 3.98. The van der Waals surface area contributed by atoms with Crippen LogP contribution in [0.25, 0.3) is 0 Å². The number of hydrogen-bond donors (Lipinski definition) is 1. The first kappa shape index (κ1) is 12.7. The van der Waals surface area contributed by atoms with Gasteiger partial charge in [0.2, 0.25) is 0 Å². The van der Waals surface area contributed by atoms with Gasteiger partial charge in [-0.1, -0.05) is 51.2 Å². The van der Waals surface area contributed by atoms with E-state index < -0.39 is 10.1 Å². The molecule has 0 saturated heterocycles. The summed E-state index contributed by atoms with van der Waals surface area (Å²) in [7, 11) is -4.08. The van der Waals surface area contributed by atoms with Crippen LogP contribution in [0.2, 0.25) is 0 Å². The van der Waals surface area contributed by atoms with Gasteiger partial charge in [-0.05, 0) is 30.2 Å². The highest BCUT2D eigenvalue weighted by atomic mass is 127. The molecule has 1 aromatic carbocycles. The summed E-state index contributed by atoms with van der Waals surface area (Å²) in [4.78, 5) is -0.0450. The first-order valence-corrected chi connectivity index (χ1v) is 7.61. The molecule has 0 heterocycles. The average Bonchev–Trinajstić information content (AvgIpc) is 2.02. The van der Waals surface area contributed by atoms with E-state index in [9.17, 15) is 8.42 Å². The fourth-order valence-corrected chi connectivity index (χ4v) is 2.87. The van der Waals surface area contributed by atoms with Gasteiger partial charge in [0.05, 0.1) is 6.83 Å². The van der Waals surface area contributed by atoms with Crippen molar-refractivity contribution in [3.63, 3.8) is 0 Å². The Morgan fingerprint density at radius 3 is 2.36 bits per heavy atom. The van der Waals surface area contributed by atoms with Crippen molar-refractivity contribution in [2.45, 2.75) is 13.8 Å². The molecule has 0 aliphatic carbocycles. The summed E-state index contributed by atoms with van der Waals surface area (Å²) in [6.45, 7) is 1.91. The summed E-state index contributed by atoms with van der Waals surface area (Å²) in [5, 5.41) is 0. The summed E-state index contributed by atoms with van der Waals surface area (Å²) in [6.07, 6.45) is 0. The molecule has 0 spiro atoms. The molecule has 3 nitrogen and oxygen atoms in total. The van der Waals surface area contributed by atoms with Gasteiger partial charge >= 0.3 is 0 Å². The zero-order valence-electron chi connectivity index (χ0n) is 7.24. The molecule has 0 fully saturated rings. The zero-order chi connectivity index (χ0) is 10.9. The van der Waals surface area contributed by atoms with Crippen LogP contribution in [0.3, 0.4) is 0 Å². The van der Waals surface area contributed by atoms with Crippen LogP contribution < -0.4 is 0 Å². The maximum absolute atomic E-state index is 10.9. The molecular weight excluding hydrogens is 430 g/mol. The van der Waals surface area contributed by atoms with Crippen molar-refractivity contribution in [3.05, 3.63) is 29.3 Å².